The van der Waals surface area contributed by atoms with Crippen molar-refractivity contribution in [1.29, 1.82) is 0 Å². The van der Waals surface area contributed by atoms with Crippen molar-refractivity contribution in [2.45, 2.75) is 40.7 Å². The van der Waals surface area contributed by atoms with E-state index in [9.17, 15) is 4.79 Å². The summed E-state index contributed by atoms with van der Waals surface area (Å²) in [6, 6.07) is 0. The molecule has 0 aliphatic rings. The molecule has 18 heavy (non-hydrogen) atoms. The number of anilines is 1. The molecule has 1 aromatic rings. The lowest BCUT2D eigenvalue weighted by Gasteiger charge is -2.21. The number of hydrogen-bond acceptors (Lipinski definition) is 3. The number of nitrogens with zero attached hydrogens (tertiary/aromatic N) is 3. The van der Waals surface area contributed by atoms with Crippen LogP contribution in [0.3, 0.4) is 0 Å². The van der Waals surface area contributed by atoms with Crippen LogP contribution in [0.5, 0.6) is 0 Å². The molecule has 1 amide bonds. The molecule has 102 valence electrons. The summed E-state index contributed by atoms with van der Waals surface area (Å²) in [7, 11) is 1.82. The molecule has 1 aromatic heterocycles. The lowest BCUT2D eigenvalue weighted by Crippen LogP contribution is -2.33. The quantitative estimate of drug-likeness (QED) is 0.870. The van der Waals surface area contributed by atoms with Gasteiger partial charge in [-0.15, -0.1) is 0 Å². The second-order valence-electron chi connectivity index (χ2n) is 4.86. The van der Waals surface area contributed by atoms with Gasteiger partial charge in [-0.05, 0) is 19.8 Å². The molecule has 0 aliphatic carbocycles. The van der Waals surface area contributed by atoms with Crippen LogP contribution in [0.4, 0.5) is 5.69 Å². The molecule has 5 heteroatoms. The first kappa shape index (κ1) is 14.5. The van der Waals surface area contributed by atoms with Crippen molar-refractivity contribution in [3.63, 3.8) is 0 Å². The van der Waals surface area contributed by atoms with Crippen molar-refractivity contribution in [3.8, 4) is 0 Å². The summed E-state index contributed by atoms with van der Waals surface area (Å²) < 4.78 is 1.68. The lowest BCUT2D eigenvalue weighted by atomic mass is 10.1. The van der Waals surface area contributed by atoms with E-state index in [1.807, 2.05) is 20.9 Å². The fourth-order valence-corrected chi connectivity index (χ4v) is 1.91. The molecule has 1 rings (SSSR count). The number of rotatable bonds is 5. The summed E-state index contributed by atoms with van der Waals surface area (Å²) in [4.78, 5) is 14.1. The Kier molecular flexibility index (Phi) is 4.76. The number of aromatic nitrogens is 2. The van der Waals surface area contributed by atoms with E-state index in [-0.39, 0.29) is 5.91 Å². The smallest absolute Gasteiger partial charge is 0.274 e. The van der Waals surface area contributed by atoms with Crippen LogP contribution in [0.1, 0.15) is 43.4 Å². The van der Waals surface area contributed by atoms with Gasteiger partial charge in [-0.2, -0.15) is 5.10 Å². The molecule has 1 heterocycles. The Morgan fingerprint density at radius 1 is 1.50 bits per heavy atom. The van der Waals surface area contributed by atoms with Gasteiger partial charge in [0.25, 0.3) is 5.91 Å². The SMILES string of the molecule is CCC(C)CN(C)C(=O)c1c(N)c(C)nn1CC. The summed E-state index contributed by atoms with van der Waals surface area (Å²) in [5.74, 6) is 0.439. The molecular formula is C13H24N4O. The van der Waals surface area contributed by atoms with E-state index < -0.39 is 0 Å². The Hall–Kier alpha value is -1.52. The first-order chi connectivity index (χ1) is 8.42. The highest BCUT2D eigenvalue weighted by Crippen LogP contribution is 2.18. The van der Waals surface area contributed by atoms with Gasteiger partial charge in [0.2, 0.25) is 0 Å². The van der Waals surface area contributed by atoms with Crippen molar-refractivity contribution in [1.82, 2.24) is 14.7 Å². The fourth-order valence-electron chi connectivity index (χ4n) is 1.91. The predicted molar refractivity (Wildman–Crippen MR) is 73.5 cm³/mol. The van der Waals surface area contributed by atoms with Crippen LogP contribution in [0, 0.1) is 12.8 Å². The van der Waals surface area contributed by atoms with Gasteiger partial charge < -0.3 is 10.6 Å². The molecule has 0 radical (unpaired) electrons. The molecule has 0 saturated carbocycles. The standard InChI is InChI=1S/C13H24N4O/c1-6-9(3)8-16(5)13(18)12-11(14)10(4)15-17(12)7-2/h9H,6-8,14H2,1-5H3. The normalized spacial score (nSPS) is 12.5. The van der Waals surface area contributed by atoms with Gasteiger partial charge in [-0.1, -0.05) is 20.3 Å². The highest BCUT2D eigenvalue weighted by molar-refractivity contribution is 5.97. The predicted octanol–water partition coefficient (Wildman–Crippen LogP) is 1.91. The zero-order valence-corrected chi connectivity index (χ0v) is 12.0. The molecular weight excluding hydrogens is 228 g/mol. The number of carbonyl (C=O) groups excluding carboxylic acids is 1. The first-order valence-corrected chi connectivity index (χ1v) is 6.50. The minimum atomic E-state index is -0.0461. The van der Waals surface area contributed by atoms with Gasteiger partial charge in [0, 0.05) is 20.1 Å². The number of hydrogen-bond donors (Lipinski definition) is 1. The first-order valence-electron chi connectivity index (χ1n) is 6.50. The van der Waals surface area contributed by atoms with Crippen LogP contribution in [0.15, 0.2) is 0 Å². The van der Waals surface area contributed by atoms with Crippen LogP contribution in [0.25, 0.3) is 0 Å². The third-order valence-corrected chi connectivity index (χ3v) is 3.31. The van der Waals surface area contributed by atoms with Crippen LogP contribution in [-0.2, 0) is 6.54 Å². The number of nitrogens with two attached hydrogens (primary N) is 1. The van der Waals surface area contributed by atoms with Gasteiger partial charge in [0.05, 0.1) is 11.4 Å². The Bertz CT molecular complexity index is 425. The van der Waals surface area contributed by atoms with Crippen LogP contribution in [0.2, 0.25) is 0 Å². The Morgan fingerprint density at radius 2 is 2.11 bits per heavy atom. The summed E-state index contributed by atoms with van der Waals surface area (Å²) in [5.41, 5.74) is 7.68. The van der Waals surface area contributed by atoms with Crippen LogP contribution >= 0.6 is 0 Å². The number of nitrogen functional groups attached to an aromatic ring is 1. The van der Waals surface area contributed by atoms with E-state index in [1.54, 1.807) is 9.58 Å². The van der Waals surface area contributed by atoms with Crippen LogP contribution < -0.4 is 5.73 Å². The van der Waals surface area contributed by atoms with Gasteiger partial charge in [-0.3, -0.25) is 9.48 Å². The molecule has 2 N–H and O–H groups in total. The Labute approximate surface area is 109 Å². The fraction of sp³-hybridized carbons (Fsp3) is 0.692. The van der Waals surface area contributed by atoms with Crippen molar-refractivity contribution in [2.75, 3.05) is 19.3 Å². The molecule has 1 unspecified atom stereocenters. The molecule has 0 fully saturated rings. The Balaban J connectivity index is 2.96. The van der Waals surface area contributed by atoms with Crippen molar-refractivity contribution >= 4 is 11.6 Å². The maximum Gasteiger partial charge on any atom is 0.274 e. The second-order valence-corrected chi connectivity index (χ2v) is 4.86. The highest BCUT2D eigenvalue weighted by atomic mass is 16.2. The maximum atomic E-state index is 12.4. The Morgan fingerprint density at radius 3 is 2.61 bits per heavy atom. The molecule has 0 aromatic carbocycles. The second kappa shape index (κ2) is 5.89. The summed E-state index contributed by atoms with van der Waals surface area (Å²) in [6.07, 6.45) is 1.05. The van der Waals surface area contributed by atoms with E-state index in [1.165, 1.54) is 0 Å². The molecule has 0 bridgehead atoms. The lowest BCUT2D eigenvalue weighted by molar-refractivity contribution is 0.0763. The third kappa shape index (κ3) is 2.83. The number of carbonyl (C=O) groups is 1. The van der Waals surface area contributed by atoms with Crippen molar-refractivity contribution in [2.24, 2.45) is 5.92 Å². The van der Waals surface area contributed by atoms with Gasteiger partial charge in [0.15, 0.2) is 0 Å². The molecule has 5 nitrogen and oxygen atoms in total. The minimum Gasteiger partial charge on any atom is -0.395 e. The summed E-state index contributed by atoms with van der Waals surface area (Å²) >= 11 is 0. The summed E-state index contributed by atoms with van der Waals surface area (Å²) in [5, 5.41) is 4.28. The summed E-state index contributed by atoms with van der Waals surface area (Å²) in [6.45, 7) is 9.43. The van der Waals surface area contributed by atoms with E-state index in [4.69, 9.17) is 5.73 Å². The van der Waals surface area contributed by atoms with E-state index in [0.29, 0.717) is 23.8 Å². The number of amides is 1. The average molecular weight is 252 g/mol. The van der Waals surface area contributed by atoms with Crippen LogP contribution in [-0.4, -0.2) is 34.2 Å². The molecule has 0 spiro atoms. The van der Waals surface area contributed by atoms with Gasteiger partial charge in [0.1, 0.15) is 5.69 Å². The minimum absolute atomic E-state index is 0.0461. The van der Waals surface area contributed by atoms with Crippen molar-refractivity contribution in [3.05, 3.63) is 11.4 Å². The van der Waals surface area contributed by atoms with Gasteiger partial charge >= 0.3 is 0 Å². The van der Waals surface area contributed by atoms with Gasteiger partial charge in [-0.25, -0.2) is 0 Å². The van der Waals surface area contributed by atoms with E-state index in [0.717, 1.165) is 18.7 Å². The highest BCUT2D eigenvalue weighted by Gasteiger charge is 2.22. The van der Waals surface area contributed by atoms with E-state index >= 15 is 0 Å². The molecule has 0 saturated heterocycles. The molecule has 0 aliphatic heterocycles. The average Bonchev–Trinajstić information content (AvgIpc) is 2.64. The molecule has 1 atom stereocenters. The zero-order chi connectivity index (χ0) is 13.9. The number of aryl methyl sites for hydroxylation is 2. The largest absolute Gasteiger partial charge is 0.395 e. The topological polar surface area (TPSA) is 64.2 Å². The third-order valence-electron chi connectivity index (χ3n) is 3.31. The monoisotopic (exact) mass is 252 g/mol. The zero-order valence-electron chi connectivity index (χ0n) is 12.0. The van der Waals surface area contributed by atoms with Crippen molar-refractivity contribution < 1.29 is 4.79 Å². The maximum absolute atomic E-state index is 12.4. The van der Waals surface area contributed by atoms with E-state index in [2.05, 4.69) is 18.9 Å².